The van der Waals surface area contributed by atoms with Gasteiger partial charge in [0.05, 0.1) is 12.8 Å². The minimum Gasteiger partial charge on any atom is -0.467 e. The Morgan fingerprint density at radius 2 is 1.63 bits per heavy atom. The van der Waals surface area contributed by atoms with Gasteiger partial charge in [-0.1, -0.05) is 35.3 Å². The summed E-state index contributed by atoms with van der Waals surface area (Å²) in [5.41, 5.74) is 0.894. The number of nitrogens with zero attached hydrogens (tertiary/aromatic N) is 1. The second kappa shape index (κ2) is 10.5. The Labute approximate surface area is 211 Å². The third-order valence-corrected chi connectivity index (χ3v) is 6.60. The molecule has 10 heteroatoms. The van der Waals surface area contributed by atoms with Crippen molar-refractivity contribution in [3.8, 4) is 5.75 Å². The first-order valence-electron chi connectivity index (χ1n) is 10.3. The number of carbonyl (C=O) groups is 1. The van der Waals surface area contributed by atoms with Gasteiger partial charge >= 0.3 is 10.1 Å². The van der Waals surface area contributed by atoms with E-state index in [1.54, 1.807) is 24.3 Å². The maximum absolute atomic E-state index is 13.3. The van der Waals surface area contributed by atoms with Gasteiger partial charge in [-0.05, 0) is 72.3 Å². The average molecular weight is 534 g/mol. The van der Waals surface area contributed by atoms with Crippen LogP contribution in [0.25, 0.3) is 0 Å². The van der Waals surface area contributed by atoms with Crippen LogP contribution in [-0.4, -0.2) is 19.2 Å². The van der Waals surface area contributed by atoms with E-state index in [0.717, 1.165) is 24.3 Å². The number of halogens is 3. The maximum Gasteiger partial charge on any atom is 0.339 e. The Morgan fingerprint density at radius 1 is 0.914 bits per heavy atom. The van der Waals surface area contributed by atoms with Crippen molar-refractivity contribution in [3.05, 3.63) is 118 Å². The smallest absolute Gasteiger partial charge is 0.339 e. The summed E-state index contributed by atoms with van der Waals surface area (Å²) in [5, 5.41) is 0.639. The Balaban J connectivity index is 1.59. The van der Waals surface area contributed by atoms with Gasteiger partial charge in [0.1, 0.15) is 22.2 Å². The summed E-state index contributed by atoms with van der Waals surface area (Å²) in [6.07, 6.45) is 1.50. The Kier molecular flexibility index (Phi) is 7.45. The number of hydrogen-bond donors (Lipinski definition) is 0. The molecule has 4 aromatic rings. The summed E-state index contributed by atoms with van der Waals surface area (Å²) >= 11 is 12.2. The van der Waals surface area contributed by atoms with E-state index < -0.39 is 15.9 Å². The van der Waals surface area contributed by atoms with Crippen LogP contribution in [0.2, 0.25) is 10.0 Å². The number of furan rings is 1. The summed E-state index contributed by atoms with van der Waals surface area (Å²) in [5.74, 6) is -0.315. The molecule has 0 fully saturated rings. The monoisotopic (exact) mass is 533 g/mol. The number of amides is 1. The molecule has 3 aromatic carbocycles. The van der Waals surface area contributed by atoms with Gasteiger partial charge in [0.25, 0.3) is 5.91 Å². The molecule has 0 N–H and O–H groups in total. The molecule has 6 nitrogen and oxygen atoms in total. The third kappa shape index (κ3) is 6.42. The van der Waals surface area contributed by atoms with E-state index in [4.69, 9.17) is 31.8 Å². The minimum absolute atomic E-state index is 0.0445. The van der Waals surface area contributed by atoms with Gasteiger partial charge in [-0.3, -0.25) is 4.79 Å². The van der Waals surface area contributed by atoms with Crippen LogP contribution in [0.1, 0.15) is 21.7 Å². The van der Waals surface area contributed by atoms with Crippen molar-refractivity contribution in [1.82, 2.24) is 4.90 Å². The van der Waals surface area contributed by atoms with E-state index in [0.29, 0.717) is 26.9 Å². The van der Waals surface area contributed by atoms with E-state index in [9.17, 15) is 17.6 Å². The fourth-order valence-corrected chi connectivity index (χ4v) is 4.79. The van der Waals surface area contributed by atoms with E-state index in [2.05, 4.69) is 0 Å². The van der Waals surface area contributed by atoms with Crippen molar-refractivity contribution in [1.29, 1.82) is 0 Å². The molecule has 0 aliphatic heterocycles. The minimum atomic E-state index is -4.18. The zero-order valence-corrected chi connectivity index (χ0v) is 20.4. The van der Waals surface area contributed by atoms with Gasteiger partial charge in [0, 0.05) is 22.2 Å². The van der Waals surface area contributed by atoms with Crippen LogP contribution in [0.3, 0.4) is 0 Å². The van der Waals surface area contributed by atoms with E-state index in [1.165, 1.54) is 41.5 Å². The van der Waals surface area contributed by atoms with Crippen LogP contribution >= 0.6 is 23.2 Å². The summed E-state index contributed by atoms with van der Waals surface area (Å²) in [6, 6.07) is 18.6. The molecule has 0 aliphatic rings. The van der Waals surface area contributed by atoms with Crippen LogP contribution in [-0.2, 0) is 23.2 Å². The second-order valence-corrected chi connectivity index (χ2v) is 9.96. The highest BCUT2D eigenvalue weighted by atomic mass is 35.5. The topological polar surface area (TPSA) is 76.8 Å². The predicted molar refractivity (Wildman–Crippen MR) is 129 cm³/mol. The molecule has 0 bridgehead atoms. The Bertz CT molecular complexity index is 1420. The van der Waals surface area contributed by atoms with Crippen molar-refractivity contribution < 1.29 is 26.2 Å². The van der Waals surface area contributed by atoms with Crippen molar-refractivity contribution in [2.24, 2.45) is 0 Å². The molecule has 0 unspecified atom stereocenters. The fraction of sp³-hybridized carbons (Fsp3) is 0.0800. The first kappa shape index (κ1) is 24.8. The van der Waals surface area contributed by atoms with Gasteiger partial charge in [0.2, 0.25) is 0 Å². The lowest BCUT2D eigenvalue weighted by atomic mass is 10.1. The number of benzene rings is 3. The zero-order valence-electron chi connectivity index (χ0n) is 18.0. The van der Waals surface area contributed by atoms with E-state index in [-0.39, 0.29) is 29.6 Å². The molecule has 35 heavy (non-hydrogen) atoms. The predicted octanol–water partition coefficient (Wildman–Crippen LogP) is 6.34. The molecule has 0 spiro atoms. The molecular weight excluding hydrogens is 516 g/mol. The number of hydrogen-bond acceptors (Lipinski definition) is 5. The van der Waals surface area contributed by atoms with Crippen LogP contribution in [0.4, 0.5) is 4.39 Å². The Morgan fingerprint density at radius 3 is 2.29 bits per heavy atom. The molecule has 4 rings (SSSR count). The third-order valence-electron chi connectivity index (χ3n) is 4.90. The lowest BCUT2D eigenvalue weighted by molar-refractivity contribution is 0.0717. The van der Waals surface area contributed by atoms with E-state index in [1.807, 2.05) is 0 Å². The molecule has 0 atom stereocenters. The highest BCUT2D eigenvalue weighted by Crippen LogP contribution is 2.24. The quantitative estimate of drug-likeness (QED) is 0.247. The van der Waals surface area contributed by atoms with Crippen LogP contribution < -0.4 is 4.18 Å². The van der Waals surface area contributed by atoms with E-state index >= 15 is 0 Å². The highest BCUT2D eigenvalue weighted by Gasteiger charge is 2.21. The van der Waals surface area contributed by atoms with Gasteiger partial charge in [-0.15, -0.1) is 0 Å². The van der Waals surface area contributed by atoms with Gasteiger partial charge in [0.15, 0.2) is 0 Å². The maximum atomic E-state index is 13.3. The summed E-state index contributed by atoms with van der Waals surface area (Å²) < 4.78 is 48.9. The molecule has 0 saturated heterocycles. The van der Waals surface area contributed by atoms with Crippen LogP contribution in [0.5, 0.6) is 5.75 Å². The normalized spacial score (nSPS) is 11.3. The lowest BCUT2D eigenvalue weighted by Gasteiger charge is -2.22. The molecule has 1 amide bonds. The number of rotatable bonds is 8. The largest absolute Gasteiger partial charge is 0.467 e. The summed E-state index contributed by atoms with van der Waals surface area (Å²) in [4.78, 5) is 14.6. The molecule has 0 radical (unpaired) electrons. The first-order valence-corrected chi connectivity index (χ1v) is 12.4. The van der Waals surface area contributed by atoms with Crippen molar-refractivity contribution in [2.45, 2.75) is 18.0 Å². The van der Waals surface area contributed by atoms with Crippen LogP contribution in [0, 0.1) is 5.82 Å². The van der Waals surface area contributed by atoms with Crippen LogP contribution in [0.15, 0.2) is 94.4 Å². The van der Waals surface area contributed by atoms with Crippen molar-refractivity contribution in [3.63, 3.8) is 0 Å². The number of carbonyl (C=O) groups excluding carboxylic acids is 1. The Hall–Kier alpha value is -3.33. The summed E-state index contributed by atoms with van der Waals surface area (Å²) in [7, 11) is -4.18. The van der Waals surface area contributed by atoms with Gasteiger partial charge < -0.3 is 13.5 Å². The standard InChI is InChI=1S/C25H18Cl2FNO5S/c26-19-12-18(13-20(27)14-19)25(30)29(16-23-5-2-10-33-23)15-17-3-1-4-22(11-17)34-35(31,32)24-8-6-21(28)7-9-24/h1-14H,15-16H2. The molecular formula is C25H18Cl2FNO5S. The molecule has 180 valence electrons. The molecule has 0 aliphatic carbocycles. The molecule has 0 saturated carbocycles. The van der Waals surface area contributed by atoms with Crippen molar-refractivity contribution >= 4 is 39.2 Å². The lowest BCUT2D eigenvalue weighted by Crippen LogP contribution is -2.30. The van der Waals surface area contributed by atoms with Gasteiger partial charge in [-0.2, -0.15) is 8.42 Å². The molecule has 1 heterocycles. The second-order valence-electron chi connectivity index (χ2n) is 7.54. The SMILES string of the molecule is O=C(c1cc(Cl)cc(Cl)c1)N(Cc1cccc(OS(=O)(=O)c2ccc(F)cc2)c1)Cc1ccco1. The summed E-state index contributed by atoms with van der Waals surface area (Å²) in [6.45, 7) is 0.256. The highest BCUT2D eigenvalue weighted by molar-refractivity contribution is 7.87. The van der Waals surface area contributed by atoms with Crippen molar-refractivity contribution in [2.75, 3.05) is 0 Å². The average Bonchev–Trinajstić information content (AvgIpc) is 3.31. The fourth-order valence-electron chi connectivity index (χ4n) is 3.34. The zero-order chi connectivity index (χ0) is 25.0. The molecule has 1 aromatic heterocycles. The first-order chi connectivity index (χ1) is 16.7. The van der Waals surface area contributed by atoms with Gasteiger partial charge in [-0.25, -0.2) is 4.39 Å².